The number of aromatic amines is 1. The maximum atomic E-state index is 11.5. The van der Waals surface area contributed by atoms with Gasteiger partial charge in [-0.1, -0.05) is 0 Å². The highest BCUT2D eigenvalue weighted by Gasteiger charge is 2.19. The van der Waals surface area contributed by atoms with Gasteiger partial charge in [0.25, 0.3) is 5.56 Å². The molecule has 0 aromatic carbocycles. The first-order valence-electron chi connectivity index (χ1n) is 6.91. The van der Waals surface area contributed by atoms with Crippen molar-refractivity contribution in [1.29, 1.82) is 0 Å². The van der Waals surface area contributed by atoms with Crippen LogP contribution in [0.2, 0.25) is 0 Å². The molecule has 3 heterocycles. The summed E-state index contributed by atoms with van der Waals surface area (Å²) in [4.78, 5) is 27.2. The van der Waals surface area contributed by atoms with Crippen molar-refractivity contribution in [1.82, 2.24) is 15.0 Å². The highest BCUT2D eigenvalue weighted by atomic mass is 16.1. The maximum absolute atomic E-state index is 11.5. The number of nitrogen functional groups attached to an aromatic ring is 1. The highest BCUT2D eigenvalue weighted by Crippen LogP contribution is 2.17. The standard InChI is InChI=1S/C14H18N6O/c1-10-17-13(8-14(21)18-10)20-6-4-19(5-7-20)12-3-2-11(15)9-16-12/h2-3,8-9H,4-7,15H2,1H3,(H,17,18,21). The molecule has 1 aliphatic rings. The van der Waals surface area contributed by atoms with E-state index in [1.54, 1.807) is 19.2 Å². The molecule has 1 fully saturated rings. The Kier molecular flexibility index (Phi) is 3.47. The Morgan fingerprint density at radius 2 is 1.81 bits per heavy atom. The molecule has 0 aliphatic carbocycles. The Bertz CT molecular complexity index is 673. The summed E-state index contributed by atoms with van der Waals surface area (Å²) in [7, 11) is 0. The van der Waals surface area contributed by atoms with E-state index < -0.39 is 0 Å². The summed E-state index contributed by atoms with van der Waals surface area (Å²) in [6.45, 7) is 5.08. The monoisotopic (exact) mass is 286 g/mol. The van der Waals surface area contributed by atoms with Crippen LogP contribution in [0.25, 0.3) is 0 Å². The molecular formula is C14H18N6O. The van der Waals surface area contributed by atoms with Gasteiger partial charge in [-0.25, -0.2) is 9.97 Å². The van der Waals surface area contributed by atoms with Gasteiger partial charge in [-0.05, 0) is 19.1 Å². The van der Waals surface area contributed by atoms with Crippen LogP contribution in [0, 0.1) is 6.92 Å². The molecule has 1 aliphatic heterocycles. The summed E-state index contributed by atoms with van der Waals surface area (Å²) in [5.41, 5.74) is 6.21. The number of anilines is 3. The predicted octanol–water partition coefficient (Wildman–Crippen LogP) is 0.382. The molecule has 0 atom stereocenters. The van der Waals surface area contributed by atoms with Gasteiger partial charge in [-0.2, -0.15) is 0 Å². The summed E-state index contributed by atoms with van der Waals surface area (Å²) >= 11 is 0. The van der Waals surface area contributed by atoms with Crippen molar-refractivity contribution in [3.8, 4) is 0 Å². The lowest BCUT2D eigenvalue weighted by Crippen LogP contribution is -2.47. The molecule has 0 unspecified atom stereocenters. The van der Waals surface area contributed by atoms with Crippen LogP contribution in [0.5, 0.6) is 0 Å². The molecule has 0 saturated carbocycles. The van der Waals surface area contributed by atoms with Crippen LogP contribution in [0.1, 0.15) is 5.82 Å². The van der Waals surface area contributed by atoms with Gasteiger partial charge in [-0.15, -0.1) is 0 Å². The van der Waals surface area contributed by atoms with Gasteiger partial charge in [0.15, 0.2) is 0 Å². The Morgan fingerprint density at radius 3 is 2.38 bits per heavy atom. The number of aromatic nitrogens is 3. The van der Waals surface area contributed by atoms with Crippen LogP contribution >= 0.6 is 0 Å². The molecule has 0 bridgehead atoms. The summed E-state index contributed by atoms with van der Waals surface area (Å²) in [5.74, 6) is 2.31. The van der Waals surface area contributed by atoms with E-state index >= 15 is 0 Å². The van der Waals surface area contributed by atoms with Crippen LogP contribution in [-0.4, -0.2) is 41.1 Å². The number of hydrogen-bond acceptors (Lipinski definition) is 6. The van der Waals surface area contributed by atoms with E-state index in [4.69, 9.17) is 5.73 Å². The van der Waals surface area contributed by atoms with E-state index in [-0.39, 0.29) is 5.56 Å². The van der Waals surface area contributed by atoms with Gasteiger partial charge in [-0.3, -0.25) is 4.79 Å². The molecular weight excluding hydrogens is 268 g/mol. The Morgan fingerprint density at radius 1 is 1.14 bits per heavy atom. The van der Waals surface area contributed by atoms with E-state index in [1.165, 1.54) is 0 Å². The summed E-state index contributed by atoms with van der Waals surface area (Å²) in [6, 6.07) is 5.33. The molecule has 2 aromatic rings. The minimum Gasteiger partial charge on any atom is -0.397 e. The fourth-order valence-electron chi connectivity index (χ4n) is 2.47. The minimum absolute atomic E-state index is 0.111. The number of nitrogens with zero attached hydrogens (tertiary/aromatic N) is 4. The van der Waals surface area contributed by atoms with E-state index in [0.717, 1.165) is 37.8 Å². The van der Waals surface area contributed by atoms with Gasteiger partial charge < -0.3 is 20.5 Å². The van der Waals surface area contributed by atoms with Crippen LogP contribution in [0.3, 0.4) is 0 Å². The van der Waals surface area contributed by atoms with Gasteiger partial charge in [0.05, 0.1) is 11.9 Å². The molecule has 1 saturated heterocycles. The molecule has 7 nitrogen and oxygen atoms in total. The van der Waals surface area contributed by atoms with Crippen molar-refractivity contribution in [2.45, 2.75) is 6.92 Å². The first kappa shape index (κ1) is 13.4. The van der Waals surface area contributed by atoms with Crippen molar-refractivity contribution >= 4 is 17.3 Å². The molecule has 2 aromatic heterocycles. The molecule has 21 heavy (non-hydrogen) atoms. The molecule has 3 rings (SSSR count). The maximum Gasteiger partial charge on any atom is 0.252 e. The molecule has 0 radical (unpaired) electrons. The zero-order valence-corrected chi connectivity index (χ0v) is 11.9. The van der Waals surface area contributed by atoms with Crippen molar-refractivity contribution in [2.24, 2.45) is 0 Å². The number of nitrogens with one attached hydrogen (secondary N) is 1. The van der Waals surface area contributed by atoms with E-state index in [0.29, 0.717) is 11.5 Å². The zero-order chi connectivity index (χ0) is 14.8. The average Bonchev–Trinajstić information content (AvgIpc) is 2.47. The minimum atomic E-state index is -0.111. The third-order valence-corrected chi connectivity index (χ3v) is 3.54. The normalized spacial score (nSPS) is 15.3. The first-order chi connectivity index (χ1) is 10.1. The molecule has 110 valence electrons. The van der Waals surface area contributed by atoms with E-state index in [2.05, 4.69) is 24.8 Å². The van der Waals surface area contributed by atoms with Gasteiger partial charge in [0, 0.05) is 32.2 Å². The number of pyridine rings is 1. The van der Waals surface area contributed by atoms with Gasteiger partial charge >= 0.3 is 0 Å². The highest BCUT2D eigenvalue weighted by molar-refractivity contribution is 5.48. The number of H-pyrrole nitrogens is 1. The average molecular weight is 286 g/mol. The fourth-order valence-corrected chi connectivity index (χ4v) is 2.47. The molecule has 0 amide bonds. The van der Waals surface area contributed by atoms with Crippen LogP contribution in [0.15, 0.2) is 29.2 Å². The fraction of sp³-hybridized carbons (Fsp3) is 0.357. The summed E-state index contributed by atoms with van der Waals surface area (Å²) < 4.78 is 0. The van der Waals surface area contributed by atoms with Crippen molar-refractivity contribution in [3.63, 3.8) is 0 Å². The third-order valence-electron chi connectivity index (χ3n) is 3.54. The second kappa shape index (κ2) is 5.43. The Labute approximate surface area is 122 Å². The van der Waals surface area contributed by atoms with Crippen molar-refractivity contribution in [2.75, 3.05) is 41.7 Å². The third kappa shape index (κ3) is 2.96. The Hall–Kier alpha value is -2.57. The largest absolute Gasteiger partial charge is 0.397 e. The lowest BCUT2D eigenvalue weighted by atomic mass is 10.3. The SMILES string of the molecule is Cc1nc(N2CCN(c3ccc(N)cn3)CC2)cc(=O)[nH]1. The second-order valence-electron chi connectivity index (χ2n) is 5.11. The first-order valence-corrected chi connectivity index (χ1v) is 6.91. The topological polar surface area (TPSA) is 91.1 Å². The second-order valence-corrected chi connectivity index (χ2v) is 5.11. The van der Waals surface area contributed by atoms with Crippen molar-refractivity contribution in [3.05, 3.63) is 40.6 Å². The molecule has 0 spiro atoms. The Balaban J connectivity index is 1.70. The van der Waals surface area contributed by atoms with Gasteiger partial charge in [0.1, 0.15) is 17.5 Å². The van der Waals surface area contributed by atoms with Crippen LogP contribution < -0.4 is 21.1 Å². The number of nitrogens with two attached hydrogens (primary N) is 1. The van der Waals surface area contributed by atoms with E-state index in [9.17, 15) is 4.79 Å². The number of piperazine rings is 1. The van der Waals surface area contributed by atoms with Crippen molar-refractivity contribution < 1.29 is 0 Å². The van der Waals surface area contributed by atoms with Gasteiger partial charge in [0.2, 0.25) is 0 Å². The van der Waals surface area contributed by atoms with Crippen LogP contribution in [0.4, 0.5) is 17.3 Å². The predicted molar refractivity (Wildman–Crippen MR) is 82.7 cm³/mol. The molecule has 7 heteroatoms. The lowest BCUT2D eigenvalue weighted by Gasteiger charge is -2.36. The smallest absolute Gasteiger partial charge is 0.252 e. The number of aryl methyl sites for hydroxylation is 1. The summed E-state index contributed by atoms with van der Waals surface area (Å²) in [6.07, 6.45) is 1.67. The number of rotatable bonds is 2. The lowest BCUT2D eigenvalue weighted by molar-refractivity contribution is 0.639. The summed E-state index contributed by atoms with van der Waals surface area (Å²) in [5, 5.41) is 0. The van der Waals surface area contributed by atoms with Crippen LogP contribution in [-0.2, 0) is 0 Å². The quantitative estimate of drug-likeness (QED) is 0.829. The van der Waals surface area contributed by atoms with E-state index in [1.807, 2.05) is 12.1 Å². The number of hydrogen-bond donors (Lipinski definition) is 2. The molecule has 3 N–H and O–H groups in total. The zero-order valence-electron chi connectivity index (χ0n) is 11.9.